The Morgan fingerprint density at radius 3 is 2.82 bits per heavy atom. The summed E-state index contributed by atoms with van der Waals surface area (Å²) < 4.78 is 2.35. The fourth-order valence-electron chi connectivity index (χ4n) is 2.57. The lowest BCUT2D eigenvalue weighted by molar-refractivity contribution is -0.115. The number of hydrogen-bond donors (Lipinski definition) is 2. The fourth-order valence-corrected chi connectivity index (χ4v) is 4.70. The molecule has 1 unspecified atom stereocenters. The molecule has 0 aliphatic carbocycles. The molecule has 0 saturated carbocycles. The van der Waals surface area contributed by atoms with E-state index in [2.05, 4.69) is 26.2 Å². The van der Waals surface area contributed by atoms with Crippen molar-refractivity contribution in [1.82, 2.24) is 9.55 Å². The van der Waals surface area contributed by atoms with Crippen molar-refractivity contribution in [2.75, 3.05) is 5.32 Å². The Bertz CT molecular complexity index is 1130. The first-order chi connectivity index (χ1) is 13.3. The highest BCUT2D eigenvalue weighted by Crippen LogP contribution is 2.27. The average Bonchev–Trinajstić information content (AvgIpc) is 3.11. The van der Waals surface area contributed by atoms with Crippen molar-refractivity contribution in [3.05, 3.63) is 50.0 Å². The summed E-state index contributed by atoms with van der Waals surface area (Å²) in [5.41, 5.74) is 6.00. The van der Waals surface area contributed by atoms with Crippen LogP contribution in [0.3, 0.4) is 0 Å². The smallest absolute Gasteiger partial charge is 0.262 e. The summed E-state index contributed by atoms with van der Waals surface area (Å²) in [6.45, 7) is 4.00. The molecule has 28 heavy (non-hydrogen) atoms. The van der Waals surface area contributed by atoms with Gasteiger partial charge in [-0.15, -0.1) is 11.3 Å². The van der Waals surface area contributed by atoms with Gasteiger partial charge in [0.2, 0.25) is 5.91 Å². The van der Waals surface area contributed by atoms with Crippen molar-refractivity contribution in [1.29, 1.82) is 0 Å². The Balaban J connectivity index is 1.88. The minimum Gasteiger partial charge on any atom is -0.366 e. The van der Waals surface area contributed by atoms with E-state index in [4.69, 9.17) is 5.73 Å². The van der Waals surface area contributed by atoms with Crippen LogP contribution < -0.4 is 16.6 Å². The zero-order chi connectivity index (χ0) is 20.4. The molecule has 0 aliphatic heterocycles. The lowest BCUT2D eigenvalue weighted by Gasteiger charge is -2.15. The van der Waals surface area contributed by atoms with E-state index in [1.807, 2.05) is 13.0 Å². The van der Waals surface area contributed by atoms with Crippen LogP contribution in [-0.2, 0) is 11.3 Å². The number of aromatic nitrogens is 2. The fraction of sp³-hybridized carbons (Fsp3) is 0.222. The summed E-state index contributed by atoms with van der Waals surface area (Å²) >= 11 is 5.78. The van der Waals surface area contributed by atoms with Gasteiger partial charge in [-0.3, -0.25) is 19.0 Å². The molecule has 10 heteroatoms. The third-order valence-corrected chi connectivity index (χ3v) is 6.43. The number of halogens is 1. The topological polar surface area (TPSA) is 107 Å². The predicted octanol–water partition coefficient (Wildman–Crippen LogP) is 3.46. The molecule has 1 aromatic carbocycles. The van der Waals surface area contributed by atoms with Gasteiger partial charge >= 0.3 is 0 Å². The highest BCUT2D eigenvalue weighted by Gasteiger charge is 2.21. The molecule has 0 aliphatic rings. The second-order valence-corrected chi connectivity index (χ2v) is 9.02. The van der Waals surface area contributed by atoms with Crippen LogP contribution in [0.15, 0.2) is 44.1 Å². The summed E-state index contributed by atoms with van der Waals surface area (Å²) in [5, 5.41) is 5.26. The molecule has 0 radical (unpaired) electrons. The van der Waals surface area contributed by atoms with Gasteiger partial charge in [-0.1, -0.05) is 27.7 Å². The molecule has 3 rings (SSSR count). The van der Waals surface area contributed by atoms with Crippen molar-refractivity contribution in [3.63, 3.8) is 0 Å². The van der Waals surface area contributed by atoms with Gasteiger partial charge in [0.1, 0.15) is 5.00 Å². The predicted molar refractivity (Wildman–Crippen MR) is 116 cm³/mol. The van der Waals surface area contributed by atoms with Crippen LogP contribution in [0.25, 0.3) is 10.9 Å². The number of nitrogens with one attached hydrogen (secondary N) is 1. The zero-order valence-corrected chi connectivity index (χ0v) is 18.3. The summed E-state index contributed by atoms with van der Waals surface area (Å²) in [6.07, 6.45) is 0. The van der Waals surface area contributed by atoms with Crippen LogP contribution in [0, 0.1) is 0 Å². The van der Waals surface area contributed by atoms with Crippen molar-refractivity contribution >= 4 is 66.7 Å². The number of thioether (sulfide) groups is 1. The quantitative estimate of drug-likeness (QED) is 0.414. The number of carbonyl (C=O) groups excluding carboxylic acids is 2. The van der Waals surface area contributed by atoms with Gasteiger partial charge < -0.3 is 11.1 Å². The summed E-state index contributed by atoms with van der Waals surface area (Å²) in [7, 11) is 0. The second kappa shape index (κ2) is 8.46. The minimum absolute atomic E-state index is 0.154. The SMILES string of the molecule is CCn1c(SC(C)C(=O)Nc2sccc2C(N)=O)nc2ccc(Br)cc2c1=O. The Morgan fingerprint density at radius 2 is 2.14 bits per heavy atom. The van der Waals surface area contributed by atoms with Crippen molar-refractivity contribution in [3.8, 4) is 0 Å². The maximum absolute atomic E-state index is 12.8. The van der Waals surface area contributed by atoms with E-state index in [0.717, 1.165) is 4.47 Å². The second-order valence-electron chi connectivity index (χ2n) is 5.88. The lowest BCUT2D eigenvalue weighted by Crippen LogP contribution is -2.27. The number of nitrogens with two attached hydrogens (primary N) is 1. The summed E-state index contributed by atoms with van der Waals surface area (Å²) in [5.74, 6) is -0.901. The van der Waals surface area contributed by atoms with Gasteiger partial charge in [-0.25, -0.2) is 4.98 Å². The Morgan fingerprint density at radius 1 is 1.39 bits per heavy atom. The highest BCUT2D eigenvalue weighted by molar-refractivity contribution is 9.10. The van der Waals surface area contributed by atoms with Crippen LogP contribution in [0.5, 0.6) is 0 Å². The van der Waals surface area contributed by atoms with Crippen molar-refractivity contribution in [2.24, 2.45) is 5.73 Å². The van der Waals surface area contributed by atoms with Crippen LogP contribution in [0.2, 0.25) is 0 Å². The average molecular weight is 481 g/mol. The number of fused-ring (bicyclic) bond motifs is 1. The normalized spacial score (nSPS) is 12.1. The summed E-state index contributed by atoms with van der Waals surface area (Å²) in [6, 6.07) is 6.89. The molecule has 7 nitrogen and oxygen atoms in total. The molecule has 146 valence electrons. The molecule has 0 spiro atoms. The first-order valence-corrected chi connectivity index (χ1v) is 10.9. The molecule has 2 heterocycles. The lowest BCUT2D eigenvalue weighted by atomic mass is 10.2. The molecule has 0 bridgehead atoms. The third kappa shape index (κ3) is 4.13. The zero-order valence-electron chi connectivity index (χ0n) is 15.1. The first-order valence-electron chi connectivity index (χ1n) is 8.36. The third-order valence-electron chi connectivity index (χ3n) is 4.02. The molecular weight excluding hydrogens is 464 g/mol. The first kappa shape index (κ1) is 20.6. The molecule has 0 saturated heterocycles. The number of hydrogen-bond acceptors (Lipinski definition) is 6. The van der Waals surface area contributed by atoms with Crippen molar-refractivity contribution < 1.29 is 9.59 Å². The van der Waals surface area contributed by atoms with Crippen LogP contribution in [-0.4, -0.2) is 26.6 Å². The minimum atomic E-state index is -0.598. The van der Waals surface area contributed by atoms with Gasteiger partial charge in [0.25, 0.3) is 11.5 Å². The number of anilines is 1. The van der Waals surface area contributed by atoms with Gasteiger partial charge in [0.15, 0.2) is 5.16 Å². The molecule has 3 aromatic rings. The number of rotatable bonds is 6. The van der Waals surface area contributed by atoms with Gasteiger partial charge in [-0.05, 0) is 43.5 Å². The molecule has 0 fully saturated rings. The van der Waals surface area contributed by atoms with Gasteiger partial charge in [0.05, 0.1) is 21.7 Å². The molecule has 3 N–H and O–H groups in total. The van der Waals surface area contributed by atoms with Gasteiger partial charge in [-0.2, -0.15) is 0 Å². The molecule has 2 amide bonds. The maximum Gasteiger partial charge on any atom is 0.262 e. The molecule has 2 aromatic heterocycles. The van der Waals surface area contributed by atoms with E-state index in [9.17, 15) is 14.4 Å². The van der Waals surface area contributed by atoms with Crippen LogP contribution in [0.1, 0.15) is 24.2 Å². The van der Waals surface area contributed by atoms with Gasteiger partial charge in [0, 0.05) is 11.0 Å². The summed E-state index contributed by atoms with van der Waals surface area (Å²) in [4.78, 5) is 41.4. The number of thiophene rings is 1. The van der Waals surface area contributed by atoms with E-state index in [1.54, 1.807) is 35.1 Å². The number of primary amides is 1. The van der Waals surface area contributed by atoms with E-state index in [0.29, 0.717) is 27.6 Å². The van der Waals surface area contributed by atoms with Crippen LogP contribution in [0.4, 0.5) is 5.00 Å². The number of carbonyl (C=O) groups is 2. The van der Waals surface area contributed by atoms with E-state index in [-0.39, 0.29) is 17.0 Å². The Kier molecular flexibility index (Phi) is 6.21. The van der Waals surface area contributed by atoms with E-state index < -0.39 is 11.2 Å². The largest absolute Gasteiger partial charge is 0.366 e. The Labute approximate surface area is 177 Å². The Hall–Kier alpha value is -2.17. The number of benzene rings is 1. The monoisotopic (exact) mass is 480 g/mol. The highest BCUT2D eigenvalue weighted by atomic mass is 79.9. The number of amides is 2. The maximum atomic E-state index is 12.8. The molecule has 1 atom stereocenters. The standard InChI is InChI=1S/C18H17BrN4O3S2/c1-3-23-17(26)12-8-10(19)4-5-13(12)21-18(23)28-9(2)15(25)22-16-11(14(20)24)6-7-27-16/h4-9H,3H2,1-2H3,(H2,20,24)(H,22,25). The van der Waals surface area contributed by atoms with Crippen LogP contribution >= 0.6 is 39.0 Å². The van der Waals surface area contributed by atoms with Crippen molar-refractivity contribution in [2.45, 2.75) is 30.8 Å². The molecular formula is C18H17BrN4O3S2. The number of nitrogens with zero attached hydrogens (tertiary/aromatic N) is 2. The van der Waals surface area contributed by atoms with E-state index >= 15 is 0 Å². The van der Waals surface area contributed by atoms with E-state index in [1.165, 1.54) is 23.1 Å².